The molecular formula is C27H19Cl5F5N3O4. The maximum atomic E-state index is 15.2. The van der Waals surface area contributed by atoms with E-state index in [4.69, 9.17) is 58.0 Å². The van der Waals surface area contributed by atoms with Crippen molar-refractivity contribution in [3.63, 3.8) is 0 Å². The van der Waals surface area contributed by atoms with E-state index in [-0.39, 0.29) is 26.3 Å². The van der Waals surface area contributed by atoms with Gasteiger partial charge < -0.3 is 15.5 Å². The summed E-state index contributed by atoms with van der Waals surface area (Å²) < 4.78 is 67.8. The molecular weight excluding hydrogens is 703 g/mol. The predicted molar refractivity (Wildman–Crippen MR) is 159 cm³/mol. The van der Waals surface area contributed by atoms with Crippen molar-refractivity contribution in [2.24, 2.45) is 0 Å². The fourth-order valence-corrected chi connectivity index (χ4v) is 4.83. The number of halogens is 10. The van der Waals surface area contributed by atoms with Crippen molar-refractivity contribution in [2.75, 3.05) is 29.2 Å². The van der Waals surface area contributed by atoms with E-state index in [1.165, 1.54) is 43.3 Å². The van der Waals surface area contributed by atoms with Crippen LogP contribution in [0.1, 0.15) is 28.8 Å². The van der Waals surface area contributed by atoms with E-state index < -0.39 is 64.0 Å². The van der Waals surface area contributed by atoms with Crippen LogP contribution in [0, 0.1) is 11.6 Å². The third-order valence-electron chi connectivity index (χ3n) is 5.88. The lowest BCUT2D eigenvalue weighted by Gasteiger charge is -2.26. The molecule has 0 saturated heterocycles. The Kier molecular flexibility index (Phi) is 11.4. The number of carbonyl (C=O) groups excluding carboxylic acids is 3. The maximum absolute atomic E-state index is 15.2. The highest BCUT2D eigenvalue weighted by molar-refractivity contribution is 6.50. The Morgan fingerprint density at radius 2 is 1.55 bits per heavy atom. The smallest absolute Gasteiger partial charge is 0.325 e. The Hall–Kier alpha value is -2.87. The van der Waals surface area contributed by atoms with Crippen LogP contribution in [0.4, 0.5) is 39.0 Å². The number of carbonyl (C=O) groups is 3. The zero-order valence-electron chi connectivity index (χ0n) is 22.3. The van der Waals surface area contributed by atoms with Crippen molar-refractivity contribution in [3.8, 4) is 0 Å². The molecule has 0 unspecified atom stereocenters. The number of hydrogen-bond acceptors (Lipinski definition) is 4. The van der Waals surface area contributed by atoms with Gasteiger partial charge in [0.05, 0.1) is 32.2 Å². The predicted octanol–water partition coefficient (Wildman–Crippen LogP) is 8.59. The number of nitrogens with zero attached hydrogens (tertiary/aromatic N) is 1. The lowest BCUT2D eigenvalue weighted by Crippen LogP contribution is -2.32. The molecule has 0 heterocycles. The number of nitrogens with one attached hydrogen (secondary N) is 2. The Bertz CT molecular complexity index is 1600. The van der Waals surface area contributed by atoms with Gasteiger partial charge in [0.15, 0.2) is 5.82 Å². The Morgan fingerprint density at radius 1 is 0.909 bits per heavy atom. The summed E-state index contributed by atoms with van der Waals surface area (Å²) in [6, 6.07) is 9.70. The van der Waals surface area contributed by atoms with Crippen LogP contribution in [0.25, 0.3) is 0 Å². The van der Waals surface area contributed by atoms with E-state index in [2.05, 4.69) is 10.1 Å². The van der Waals surface area contributed by atoms with Gasteiger partial charge in [0.25, 0.3) is 11.8 Å². The molecule has 17 heteroatoms. The molecule has 3 rings (SSSR count). The van der Waals surface area contributed by atoms with Crippen molar-refractivity contribution in [3.05, 3.63) is 86.4 Å². The minimum Gasteiger partial charge on any atom is -0.325 e. The average molecular weight is 722 g/mol. The lowest BCUT2D eigenvalue weighted by atomic mass is 9.94. The summed E-state index contributed by atoms with van der Waals surface area (Å²) in [7, 11) is 1.09. The van der Waals surface area contributed by atoms with Gasteiger partial charge in [0, 0.05) is 12.7 Å². The molecule has 236 valence electrons. The van der Waals surface area contributed by atoms with E-state index in [9.17, 15) is 31.9 Å². The molecule has 0 radical (unpaired) electrons. The third-order valence-corrected chi connectivity index (χ3v) is 7.38. The largest absolute Gasteiger partial charge is 0.523 e. The van der Waals surface area contributed by atoms with Gasteiger partial charge in [0.1, 0.15) is 22.4 Å². The summed E-state index contributed by atoms with van der Waals surface area (Å²) in [6.07, 6.45) is -5.16. The molecule has 0 fully saturated rings. The van der Waals surface area contributed by atoms with E-state index in [1.807, 2.05) is 0 Å². The molecule has 7 nitrogen and oxygen atoms in total. The molecule has 3 amide bonds. The summed E-state index contributed by atoms with van der Waals surface area (Å²) in [5.74, 6) is -7.16. The van der Waals surface area contributed by atoms with E-state index in [0.29, 0.717) is 16.5 Å². The fourth-order valence-electron chi connectivity index (χ4n) is 3.88. The quantitative estimate of drug-likeness (QED) is 0.171. The molecule has 0 aliphatic heterocycles. The SMILES string of the molecule is CN(C(=O)c1cc(NC(=O)[C@H](c2ccc(Cl)c(Cl)c2)C(C)(Cl)Cl)ccc1Cl)c1ccc(F)c(NC(=O)COC(F)(F)F)c1F. The standard InChI is InChI=1S/C27H19Cl5F5N3O4/c1-26(31,32)21(12-3-5-16(29)17(30)9-12)24(42)38-13-4-6-15(28)14(10-13)25(43)40(2)19-8-7-18(33)23(22(19)34)39-20(41)11-44-27(35,36)37/h3-10,21H,11H2,1-2H3,(H,38,42)(H,39,41)/t21-/m0/s1. The van der Waals surface area contributed by atoms with Gasteiger partial charge in [-0.2, -0.15) is 0 Å². The summed E-state index contributed by atoms with van der Waals surface area (Å²) in [4.78, 5) is 39.1. The van der Waals surface area contributed by atoms with Crippen LogP contribution in [0.2, 0.25) is 15.1 Å². The third kappa shape index (κ3) is 8.86. The Morgan fingerprint density at radius 3 is 2.14 bits per heavy atom. The maximum Gasteiger partial charge on any atom is 0.523 e. The number of benzene rings is 3. The molecule has 3 aromatic carbocycles. The minimum atomic E-state index is -5.16. The summed E-state index contributed by atoms with van der Waals surface area (Å²) in [5.41, 5.74) is -1.56. The number of amides is 3. The molecule has 3 aromatic rings. The molecule has 0 saturated carbocycles. The highest BCUT2D eigenvalue weighted by Gasteiger charge is 2.38. The minimum absolute atomic E-state index is 0.0518. The van der Waals surface area contributed by atoms with Crippen LogP contribution in [-0.2, 0) is 14.3 Å². The first-order chi connectivity index (χ1) is 20.3. The highest BCUT2D eigenvalue weighted by atomic mass is 35.5. The zero-order valence-corrected chi connectivity index (χ0v) is 26.0. The molecule has 0 aromatic heterocycles. The molecule has 0 aliphatic rings. The molecule has 1 atom stereocenters. The Labute approximate surface area is 272 Å². The second kappa shape index (κ2) is 14.1. The topological polar surface area (TPSA) is 87.7 Å². The molecule has 0 aliphatic carbocycles. The van der Waals surface area contributed by atoms with Crippen LogP contribution < -0.4 is 15.5 Å². The van der Waals surface area contributed by atoms with Gasteiger partial charge in [-0.15, -0.1) is 36.4 Å². The second-order valence-electron chi connectivity index (χ2n) is 9.15. The van der Waals surface area contributed by atoms with Gasteiger partial charge in [0.2, 0.25) is 5.91 Å². The average Bonchev–Trinajstić information content (AvgIpc) is 2.91. The summed E-state index contributed by atoms with van der Waals surface area (Å²) in [5, 5.41) is 4.48. The van der Waals surface area contributed by atoms with E-state index in [1.54, 1.807) is 5.32 Å². The van der Waals surface area contributed by atoms with Gasteiger partial charge >= 0.3 is 6.36 Å². The second-order valence-corrected chi connectivity index (χ2v) is 12.1. The van der Waals surface area contributed by atoms with Crippen LogP contribution in [0.5, 0.6) is 0 Å². The van der Waals surface area contributed by atoms with Crippen LogP contribution in [0.15, 0.2) is 48.5 Å². The van der Waals surface area contributed by atoms with Gasteiger partial charge in [-0.05, 0) is 55.0 Å². The van der Waals surface area contributed by atoms with Crippen molar-refractivity contribution in [1.82, 2.24) is 0 Å². The first-order valence-electron chi connectivity index (χ1n) is 12.0. The number of alkyl halides is 5. The zero-order chi connectivity index (χ0) is 33.1. The highest BCUT2D eigenvalue weighted by Crippen LogP contribution is 2.40. The van der Waals surface area contributed by atoms with E-state index >= 15 is 4.39 Å². The van der Waals surface area contributed by atoms with Gasteiger partial charge in [-0.25, -0.2) is 8.78 Å². The molecule has 44 heavy (non-hydrogen) atoms. The van der Waals surface area contributed by atoms with E-state index in [0.717, 1.165) is 13.1 Å². The van der Waals surface area contributed by atoms with Crippen molar-refractivity contribution >= 4 is 92.8 Å². The molecule has 0 bridgehead atoms. The number of ether oxygens (including phenoxy) is 1. The number of hydrogen-bond donors (Lipinski definition) is 2. The Balaban J connectivity index is 1.88. The van der Waals surface area contributed by atoms with Crippen molar-refractivity contribution in [2.45, 2.75) is 23.5 Å². The lowest BCUT2D eigenvalue weighted by molar-refractivity contribution is -0.320. The molecule has 0 spiro atoms. The fraction of sp³-hybridized carbons (Fsp3) is 0.222. The monoisotopic (exact) mass is 719 g/mol. The number of rotatable bonds is 9. The normalized spacial score (nSPS) is 12.5. The van der Waals surface area contributed by atoms with Crippen LogP contribution in [-0.4, -0.2) is 42.1 Å². The van der Waals surface area contributed by atoms with Gasteiger partial charge in [-0.3, -0.25) is 19.1 Å². The summed E-state index contributed by atoms with van der Waals surface area (Å²) in [6.45, 7) is -0.195. The van der Waals surface area contributed by atoms with Crippen LogP contribution in [0.3, 0.4) is 0 Å². The molecule has 2 N–H and O–H groups in total. The van der Waals surface area contributed by atoms with Crippen molar-refractivity contribution in [1.29, 1.82) is 0 Å². The number of anilines is 3. The van der Waals surface area contributed by atoms with Crippen LogP contribution >= 0.6 is 58.0 Å². The first kappa shape index (κ1) is 35.6. The summed E-state index contributed by atoms with van der Waals surface area (Å²) >= 11 is 30.9. The van der Waals surface area contributed by atoms with Crippen molar-refractivity contribution < 1.29 is 41.1 Å². The first-order valence-corrected chi connectivity index (χ1v) is 13.9. The van der Waals surface area contributed by atoms with Gasteiger partial charge in [-0.1, -0.05) is 40.9 Å².